The van der Waals surface area contributed by atoms with Gasteiger partial charge in [0.2, 0.25) is 5.91 Å². The summed E-state index contributed by atoms with van der Waals surface area (Å²) < 4.78 is 13.0. The number of pyridine rings is 1. The smallest absolute Gasteiger partial charge is 0.236 e. The molecule has 2 rings (SSSR count). The van der Waals surface area contributed by atoms with Crippen molar-refractivity contribution in [1.82, 2.24) is 20.1 Å². The Labute approximate surface area is 124 Å². The maximum Gasteiger partial charge on any atom is 0.236 e. The summed E-state index contributed by atoms with van der Waals surface area (Å²) in [7, 11) is 1.85. The summed E-state index contributed by atoms with van der Waals surface area (Å²) in [5.41, 5.74) is 0.774. The Balaban J connectivity index is 0.00000200. The number of rotatable bonds is 4. The third kappa shape index (κ3) is 5.03. The summed E-state index contributed by atoms with van der Waals surface area (Å²) in [6.07, 6.45) is 2.80. The molecular formula is C13H20ClFN4O. The fourth-order valence-corrected chi connectivity index (χ4v) is 2.16. The van der Waals surface area contributed by atoms with Crippen LogP contribution < -0.4 is 5.32 Å². The molecule has 1 aromatic heterocycles. The van der Waals surface area contributed by atoms with Crippen LogP contribution in [0.2, 0.25) is 0 Å². The van der Waals surface area contributed by atoms with Gasteiger partial charge >= 0.3 is 0 Å². The average Bonchev–Trinajstić information content (AvgIpc) is 2.39. The second-order valence-electron chi connectivity index (χ2n) is 4.81. The molecule has 1 aromatic rings. The molecule has 0 unspecified atom stereocenters. The van der Waals surface area contributed by atoms with Crippen molar-refractivity contribution in [3.8, 4) is 0 Å². The molecule has 0 aliphatic carbocycles. The summed E-state index contributed by atoms with van der Waals surface area (Å²) in [5, 5.41) is 3.21. The SMILES string of the molecule is CN(CC(=O)N1CCNCC1)Cc1cncc(F)c1.Cl. The van der Waals surface area contributed by atoms with E-state index in [0.29, 0.717) is 13.1 Å². The first-order valence-electron chi connectivity index (χ1n) is 6.41. The van der Waals surface area contributed by atoms with E-state index in [9.17, 15) is 9.18 Å². The van der Waals surface area contributed by atoms with Crippen LogP contribution in [0.25, 0.3) is 0 Å². The highest BCUT2D eigenvalue weighted by molar-refractivity contribution is 5.85. The number of amides is 1. The lowest BCUT2D eigenvalue weighted by Crippen LogP contribution is -2.49. The van der Waals surface area contributed by atoms with Gasteiger partial charge in [-0.25, -0.2) is 4.39 Å². The van der Waals surface area contributed by atoms with E-state index in [1.54, 1.807) is 6.20 Å². The van der Waals surface area contributed by atoms with Gasteiger partial charge in [-0.3, -0.25) is 14.7 Å². The van der Waals surface area contributed by atoms with Crippen LogP contribution in [0.5, 0.6) is 0 Å². The predicted octanol–water partition coefficient (Wildman–Crippen LogP) is 0.506. The average molecular weight is 303 g/mol. The van der Waals surface area contributed by atoms with Crippen molar-refractivity contribution in [2.45, 2.75) is 6.54 Å². The Morgan fingerprint density at radius 3 is 2.80 bits per heavy atom. The van der Waals surface area contributed by atoms with Crippen LogP contribution in [0.3, 0.4) is 0 Å². The minimum absolute atomic E-state index is 0. The van der Waals surface area contributed by atoms with E-state index < -0.39 is 0 Å². The van der Waals surface area contributed by atoms with Crippen LogP contribution in [-0.4, -0.2) is 60.5 Å². The minimum Gasteiger partial charge on any atom is -0.339 e. The van der Waals surface area contributed by atoms with Gasteiger partial charge in [-0.05, 0) is 18.7 Å². The molecule has 1 aliphatic heterocycles. The number of piperazine rings is 1. The third-order valence-electron chi connectivity index (χ3n) is 3.09. The number of aromatic nitrogens is 1. The van der Waals surface area contributed by atoms with Crippen LogP contribution in [0, 0.1) is 5.82 Å². The van der Waals surface area contributed by atoms with E-state index >= 15 is 0 Å². The molecule has 1 amide bonds. The van der Waals surface area contributed by atoms with Gasteiger partial charge in [0.05, 0.1) is 12.7 Å². The number of hydrogen-bond donors (Lipinski definition) is 1. The van der Waals surface area contributed by atoms with Crippen molar-refractivity contribution in [2.75, 3.05) is 39.8 Å². The van der Waals surface area contributed by atoms with E-state index in [0.717, 1.165) is 31.7 Å². The van der Waals surface area contributed by atoms with E-state index in [1.807, 2.05) is 16.8 Å². The molecule has 1 N–H and O–H groups in total. The number of halogens is 2. The fourth-order valence-electron chi connectivity index (χ4n) is 2.16. The van der Waals surface area contributed by atoms with Gasteiger partial charge in [-0.1, -0.05) is 0 Å². The molecule has 0 bridgehead atoms. The van der Waals surface area contributed by atoms with Gasteiger partial charge in [-0.15, -0.1) is 12.4 Å². The number of hydrogen-bond acceptors (Lipinski definition) is 4. The predicted molar refractivity (Wildman–Crippen MR) is 77.2 cm³/mol. The highest BCUT2D eigenvalue weighted by Gasteiger charge is 2.17. The summed E-state index contributed by atoms with van der Waals surface area (Å²) >= 11 is 0. The van der Waals surface area contributed by atoms with E-state index in [1.165, 1.54) is 12.3 Å². The second-order valence-corrected chi connectivity index (χ2v) is 4.81. The summed E-state index contributed by atoms with van der Waals surface area (Å²) in [4.78, 5) is 19.6. The van der Waals surface area contributed by atoms with E-state index in [4.69, 9.17) is 0 Å². The largest absolute Gasteiger partial charge is 0.339 e. The van der Waals surface area contributed by atoms with Crippen LogP contribution in [-0.2, 0) is 11.3 Å². The van der Waals surface area contributed by atoms with Crippen LogP contribution >= 0.6 is 12.4 Å². The first-order valence-corrected chi connectivity index (χ1v) is 6.41. The molecule has 112 valence electrons. The lowest BCUT2D eigenvalue weighted by Gasteiger charge is -2.29. The maximum absolute atomic E-state index is 13.0. The molecule has 2 heterocycles. The van der Waals surface area contributed by atoms with Gasteiger partial charge in [-0.2, -0.15) is 0 Å². The lowest BCUT2D eigenvalue weighted by atomic mass is 10.2. The topological polar surface area (TPSA) is 48.5 Å². The summed E-state index contributed by atoms with van der Waals surface area (Å²) in [5.74, 6) is -0.229. The van der Waals surface area contributed by atoms with Crippen molar-refractivity contribution >= 4 is 18.3 Å². The molecule has 0 radical (unpaired) electrons. The molecule has 0 saturated carbocycles. The van der Waals surface area contributed by atoms with Crippen molar-refractivity contribution < 1.29 is 9.18 Å². The monoisotopic (exact) mass is 302 g/mol. The first kappa shape index (κ1) is 16.8. The van der Waals surface area contributed by atoms with E-state index in [2.05, 4.69) is 10.3 Å². The van der Waals surface area contributed by atoms with Crippen molar-refractivity contribution in [3.05, 3.63) is 29.8 Å². The molecule has 1 saturated heterocycles. The zero-order chi connectivity index (χ0) is 13.7. The number of nitrogens with zero attached hydrogens (tertiary/aromatic N) is 3. The fraction of sp³-hybridized carbons (Fsp3) is 0.538. The van der Waals surface area contributed by atoms with Gasteiger partial charge in [0.1, 0.15) is 5.82 Å². The second kappa shape index (κ2) is 8.14. The molecule has 0 aromatic carbocycles. The molecule has 0 spiro atoms. The Hall–Kier alpha value is -1.24. The van der Waals surface area contributed by atoms with Crippen molar-refractivity contribution in [1.29, 1.82) is 0 Å². The lowest BCUT2D eigenvalue weighted by molar-refractivity contribution is -0.132. The Morgan fingerprint density at radius 2 is 2.15 bits per heavy atom. The number of carbonyl (C=O) groups is 1. The molecule has 0 atom stereocenters. The highest BCUT2D eigenvalue weighted by atomic mass is 35.5. The number of carbonyl (C=O) groups excluding carboxylic acids is 1. The zero-order valence-corrected chi connectivity index (χ0v) is 12.3. The van der Waals surface area contributed by atoms with Gasteiger partial charge in [0.15, 0.2) is 0 Å². The summed E-state index contributed by atoms with van der Waals surface area (Å²) in [6, 6.07) is 1.44. The minimum atomic E-state index is -0.348. The first-order chi connectivity index (χ1) is 9.15. The quantitative estimate of drug-likeness (QED) is 0.880. The Bertz CT molecular complexity index is 440. The number of likely N-dealkylation sites (N-methyl/N-ethyl adjacent to an activating group) is 1. The molecule has 20 heavy (non-hydrogen) atoms. The van der Waals surface area contributed by atoms with Crippen molar-refractivity contribution in [2.24, 2.45) is 0 Å². The van der Waals surface area contributed by atoms with Crippen molar-refractivity contribution in [3.63, 3.8) is 0 Å². The molecular weight excluding hydrogens is 283 g/mol. The number of nitrogens with one attached hydrogen (secondary N) is 1. The standard InChI is InChI=1S/C13H19FN4O.ClH/c1-17(9-11-6-12(14)8-16-7-11)10-13(19)18-4-2-15-3-5-18;/h6-8,15H,2-5,9-10H2,1H3;1H. The molecule has 1 fully saturated rings. The molecule has 7 heteroatoms. The van der Waals surface area contributed by atoms with Gasteiger partial charge in [0.25, 0.3) is 0 Å². The van der Waals surface area contributed by atoms with Crippen LogP contribution in [0.15, 0.2) is 18.5 Å². The Morgan fingerprint density at radius 1 is 1.45 bits per heavy atom. The van der Waals surface area contributed by atoms with Crippen LogP contribution in [0.1, 0.15) is 5.56 Å². The van der Waals surface area contributed by atoms with E-state index in [-0.39, 0.29) is 24.1 Å². The highest BCUT2D eigenvalue weighted by Crippen LogP contribution is 2.04. The Kier molecular flexibility index (Phi) is 6.84. The van der Waals surface area contributed by atoms with Gasteiger partial charge < -0.3 is 10.2 Å². The normalized spacial score (nSPS) is 15.1. The zero-order valence-electron chi connectivity index (χ0n) is 11.5. The summed E-state index contributed by atoms with van der Waals surface area (Å²) in [6.45, 7) is 4.08. The third-order valence-corrected chi connectivity index (χ3v) is 3.09. The molecule has 1 aliphatic rings. The van der Waals surface area contributed by atoms with Gasteiger partial charge in [0, 0.05) is 38.9 Å². The van der Waals surface area contributed by atoms with Crippen LogP contribution in [0.4, 0.5) is 4.39 Å². The maximum atomic E-state index is 13.0. The molecule has 5 nitrogen and oxygen atoms in total.